The number of nitrogens with one attached hydrogen (secondary N) is 1. The summed E-state index contributed by atoms with van der Waals surface area (Å²) < 4.78 is 1.08. The number of halogens is 1. The Morgan fingerprint density at radius 1 is 1.38 bits per heavy atom. The number of aliphatic hydroxyl groups excluding tert-OH is 1. The molecule has 1 amide bonds. The summed E-state index contributed by atoms with van der Waals surface area (Å²) in [5, 5.41) is 15.5. The van der Waals surface area contributed by atoms with Crippen LogP contribution >= 0.6 is 11.6 Å². The maximum absolute atomic E-state index is 12.0. The molecule has 0 atom stereocenters. The number of likely N-dealkylation sites (tertiary alicyclic amines) is 1. The van der Waals surface area contributed by atoms with E-state index >= 15 is 0 Å². The number of nitrogens with zero attached hydrogens (tertiary/aromatic N) is 3. The number of aromatic nitrogens is 2. The van der Waals surface area contributed by atoms with Crippen LogP contribution in [0, 0.1) is 0 Å². The molecule has 21 heavy (non-hydrogen) atoms. The first-order valence-electron chi connectivity index (χ1n) is 7.01. The van der Waals surface area contributed by atoms with E-state index in [-0.39, 0.29) is 30.6 Å². The van der Waals surface area contributed by atoms with Crippen molar-refractivity contribution >= 4 is 23.2 Å². The van der Waals surface area contributed by atoms with Gasteiger partial charge in [-0.05, 0) is 19.3 Å². The summed E-state index contributed by atoms with van der Waals surface area (Å²) in [5.41, 5.74) is -0.151. The van der Waals surface area contributed by atoms with Gasteiger partial charge in [0.15, 0.2) is 0 Å². The summed E-state index contributed by atoms with van der Waals surface area (Å²) >= 11 is 5.96. The molecule has 0 aliphatic carbocycles. The number of carbonyl (C=O) groups is 1. The lowest BCUT2D eigenvalue weighted by Gasteiger charge is -2.26. The quantitative estimate of drug-likeness (QED) is 0.817. The molecule has 0 saturated carbocycles. The van der Waals surface area contributed by atoms with Gasteiger partial charge in [-0.1, -0.05) is 11.6 Å². The SMILES string of the molecule is O=C(CNc1cnn(CCO)c(=O)c1Cl)N1CCCCC1. The van der Waals surface area contributed by atoms with E-state index in [2.05, 4.69) is 10.4 Å². The molecule has 1 saturated heterocycles. The number of aliphatic hydroxyl groups is 1. The third-order valence-corrected chi connectivity index (χ3v) is 3.80. The first kappa shape index (κ1) is 15.8. The summed E-state index contributed by atoms with van der Waals surface area (Å²) in [6.07, 6.45) is 4.62. The van der Waals surface area contributed by atoms with Gasteiger partial charge in [0.1, 0.15) is 5.02 Å². The monoisotopic (exact) mass is 314 g/mol. The third-order valence-electron chi connectivity index (χ3n) is 3.44. The summed E-state index contributed by atoms with van der Waals surface area (Å²) in [7, 11) is 0. The van der Waals surface area contributed by atoms with Crippen molar-refractivity contribution in [2.24, 2.45) is 0 Å². The van der Waals surface area contributed by atoms with Crippen LogP contribution in [0.15, 0.2) is 11.0 Å². The Kier molecular flexibility index (Phi) is 5.58. The molecule has 0 aromatic carbocycles. The number of rotatable bonds is 5. The average molecular weight is 315 g/mol. The van der Waals surface area contributed by atoms with Gasteiger partial charge in [0.2, 0.25) is 5.91 Å². The van der Waals surface area contributed by atoms with E-state index < -0.39 is 5.56 Å². The molecule has 0 spiro atoms. The van der Waals surface area contributed by atoms with Crippen molar-refractivity contribution in [1.29, 1.82) is 0 Å². The standard InChI is InChI=1S/C13H19ClN4O3/c14-12-10(8-16-18(6-7-19)13(12)21)15-9-11(20)17-4-2-1-3-5-17/h8,15,19H,1-7,9H2. The lowest BCUT2D eigenvalue weighted by atomic mass is 10.1. The second kappa shape index (κ2) is 7.42. The Bertz CT molecular complexity index is 555. The smallest absolute Gasteiger partial charge is 0.287 e. The molecule has 1 fully saturated rings. The second-order valence-electron chi connectivity index (χ2n) is 4.92. The molecule has 1 aliphatic heterocycles. The van der Waals surface area contributed by atoms with Crippen molar-refractivity contribution in [1.82, 2.24) is 14.7 Å². The van der Waals surface area contributed by atoms with Crippen molar-refractivity contribution in [2.45, 2.75) is 25.8 Å². The Morgan fingerprint density at radius 3 is 2.76 bits per heavy atom. The van der Waals surface area contributed by atoms with Crippen molar-refractivity contribution in [3.05, 3.63) is 21.6 Å². The Labute approximate surface area is 127 Å². The molecule has 7 nitrogen and oxygen atoms in total. The van der Waals surface area contributed by atoms with Crippen molar-refractivity contribution in [3.63, 3.8) is 0 Å². The van der Waals surface area contributed by atoms with Crippen LogP contribution in [-0.2, 0) is 11.3 Å². The van der Waals surface area contributed by atoms with Gasteiger partial charge in [-0.25, -0.2) is 4.68 Å². The number of amides is 1. The fraction of sp³-hybridized carbons (Fsp3) is 0.615. The lowest BCUT2D eigenvalue weighted by Crippen LogP contribution is -2.39. The highest BCUT2D eigenvalue weighted by Gasteiger charge is 2.17. The molecule has 0 radical (unpaired) electrons. The highest BCUT2D eigenvalue weighted by atomic mass is 35.5. The highest BCUT2D eigenvalue weighted by Crippen LogP contribution is 2.15. The van der Waals surface area contributed by atoms with Gasteiger partial charge in [0.25, 0.3) is 5.56 Å². The summed E-state index contributed by atoms with van der Waals surface area (Å²) in [6, 6.07) is 0. The van der Waals surface area contributed by atoms with Gasteiger partial charge in [0.05, 0.1) is 31.6 Å². The van der Waals surface area contributed by atoms with Crippen LogP contribution in [0.5, 0.6) is 0 Å². The molecule has 0 unspecified atom stereocenters. The van der Waals surface area contributed by atoms with E-state index in [4.69, 9.17) is 16.7 Å². The number of hydrogen-bond acceptors (Lipinski definition) is 5. The number of anilines is 1. The largest absolute Gasteiger partial charge is 0.394 e. The maximum atomic E-state index is 12.0. The normalized spacial score (nSPS) is 15.0. The minimum absolute atomic E-state index is 0.00898. The molecule has 2 heterocycles. The zero-order valence-electron chi connectivity index (χ0n) is 11.7. The second-order valence-corrected chi connectivity index (χ2v) is 5.30. The molecule has 2 rings (SSSR count). The Balaban J connectivity index is 1.98. The first-order valence-corrected chi connectivity index (χ1v) is 7.39. The van der Waals surface area contributed by atoms with Crippen molar-refractivity contribution in [3.8, 4) is 0 Å². The molecular formula is C13H19ClN4O3. The fourth-order valence-electron chi connectivity index (χ4n) is 2.27. The van der Waals surface area contributed by atoms with E-state index in [1.807, 2.05) is 4.90 Å². The van der Waals surface area contributed by atoms with Crippen LogP contribution in [0.4, 0.5) is 5.69 Å². The molecule has 116 valence electrons. The molecule has 2 N–H and O–H groups in total. The van der Waals surface area contributed by atoms with Gasteiger partial charge in [-0.2, -0.15) is 5.10 Å². The van der Waals surface area contributed by atoms with Gasteiger partial charge in [-0.3, -0.25) is 9.59 Å². The van der Waals surface area contributed by atoms with Crippen LogP contribution in [0.3, 0.4) is 0 Å². The van der Waals surface area contributed by atoms with E-state index in [1.165, 1.54) is 6.20 Å². The average Bonchev–Trinajstić information content (AvgIpc) is 2.52. The number of carbonyl (C=O) groups excluding carboxylic acids is 1. The summed E-state index contributed by atoms with van der Waals surface area (Å²) in [5.74, 6) is -0.00898. The van der Waals surface area contributed by atoms with E-state index in [1.54, 1.807) is 0 Å². The molecule has 1 aromatic heterocycles. The Morgan fingerprint density at radius 2 is 2.10 bits per heavy atom. The highest BCUT2D eigenvalue weighted by molar-refractivity contribution is 6.33. The van der Waals surface area contributed by atoms with Gasteiger partial charge < -0.3 is 15.3 Å². The molecule has 1 aliphatic rings. The first-order chi connectivity index (χ1) is 10.1. The van der Waals surface area contributed by atoms with Crippen LogP contribution in [-0.4, -0.2) is 51.9 Å². The van der Waals surface area contributed by atoms with Crippen LogP contribution < -0.4 is 10.9 Å². The maximum Gasteiger partial charge on any atom is 0.287 e. The summed E-state index contributed by atoms with van der Waals surface area (Å²) in [4.78, 5) is 25.7. The van der Waals surface area contributed by atoms with Crippen LogP contribution in [0.25, 0.3) is 0 Å². The molecular weight excluding hydrogens is 296 g/mol. The van der Waals surface area contributed by atoms with Crippen LogP contribution in [0.1, 0.15) is 19.3 Å². The zero-order valence-corrected chi connectivity index (χ0v) is 12.5. The van der Waals surface area contributed by atoms with Crippen LogP contribution in [0.2, 0.25) is 5.02 Å². The fourth-order valence-corrected chi connectivity index (χ4v) is 2.48. The predicted molar refractivity (Wildman–Crippen MR) is 79.5 cm³/mol. The lowest BCUT2D eigenvalue weighted by molar-refractivity contribution is -0.130. The Hall–Kier alpha value is -1.60. The third kappa shape index (κ3) is 3.95. The molecule has 1 aromatic rings. The van der Waals surface area contributed by atoms with Gasteiger partial charge >= 0.3 is 0 Å². The molecule has 0 bridgehead atoms. The van der Waals surface area contributed by atoms with E-state index in [0.717, 1.165) is 37.0 Å². The minimum atomic E-state index is -0.485. The van der Waals surface area contributed by atoms with Crippen molar-refractivity contribution < 1.29 is 9.90 Å². The number of piperidine rings is 1. The van der Waals surface area contributed by atoms with E-state index in [9.17, 15) is 9.59 Å². The molecule has 8 heteroatoms. The zero-order chi connectivity index (χ0) is 15.2. The van der Waals surface area contributed by atoms with E-state index in [0.29, 0.717) is 5.69 Å². The van der Waals surface area contributed by atoms with Crippen molar-refractivity contribution in [2.75, 3.05) is 31.6 Å². The predicted octanol–water partition coefficient (Wildman–Crippen LogP) is 0.313. The number of hydrogen-bond donors (Lipinski definition) is 2. The minimum Gasteiger partial charge on any atom is -0.394 e. The summed E-state index contributed by atoms with van der Waals surface area (Å²) in [6.45, 7) is 1.55. The van der Waals surface area contributed by atoms with Gasteiger partial charge in [0, 0.05) is 13.1 Å². The topological polar surface area (TPSA) is 87.5 Å². The van der Waals surface area contributed by atoms with Gasteiger partial charge in [-0.15, -0.1) is 0 Å².